The summed E-state index contributed by atoms with van der Waals surface area (Å²) in [4.78, 5) is 48.5. The number of likely N-dealkylation sites (N-methyl/N-ethyl adjacent to an activating group) is 1. The summed E-state index contributed by atoms with van der Waals surface area (Å²) in [7, 11) is 4.01. The lowest BCUT2D eigenvalue weighted by molar-refractivity contribution is -0.142. The second-order valence-corrected chi connectivity index (χ2v) is 4.53. The van der Waals surface area contributed by atoms with Crippen molar-refractivity contribution in [3.8, 4) is 11.5 Å². The number of imide groups is 2. The first-order valence-electron chi connectivity index (χ1n) is 6.29. The molecule has 1 heterocycles. The van der Waals surface area contributed by atoms with Crippen molar-refractivity contribution in [3.63, 3.8) is 0 Å². The third-order valence-electron chi connectivity index (χ3n) is 3.26. The Bertz CT molecular complexity index is 669. The Morgan fingerprint density at radius 1 is 1.09 bits per heavy atom. The summed E-state index contributed by atoms with van der Waals surface area (Å²) < 4.78 is 10.1. The van der Waals surface area contributed by atoms with Crippen molar-refractivity contribution in [2.45, 2.75) is 0 Å². The maximum Gasteiger partial charge on any atom is 0.334 e. The average Bonchev–Trinajstić information content (AvgIpc) is 2.71. The highest BCUT2D eigenvalue weighted by atomic mass is 16.5. The zero-order chi connectivity index (χ0) is 16.4. The lowest BCUT2D eigenvalue weighted by atomic mass is 10.1. The molecule has 0 saturated carbocycles. The van der Waals surface area contributed by atoms with Gasteiger partial charge in [-0.1, -0.05) is 0 Å². The molecular weight excluding hydrogens is 292 g/mol. The Hall–Kier alpha value is -2.90. The third-order valence-corrected chi connectivity index (χ3v) is 3.26. The van der Waals surface area contributed by atoms with E-state index in [1.165, 1.54) is 33.4 Å². The van der Waals surface area contributed by atoms with Gasteiger partial charge in [0.1, 0.15) is 11.5 Å². The second-order valence-electron chi connectivity index (χ2n) is 4.53. The Morgan fingerprint density at radius 2 is 1.77 bits per heavy atom. The number of nitrogens with zero attached hydrogens (tertiary/aromatic N) is 2. The number of carbonyl (C=O) groups is 4. The molecule has 8 heteroatoms. The molecule has 4 amide bonds. The van der Waals surface area contributed by atoms with Crippen LogP contribution in [0.3, 0.4) is 0 Å². The molecule has 0 atom stereocenters. The van der Waals surface area contributed by atoms with Gasteiger partial charge in [0.05, 0.1) is 26.3 Å². The molecule has 1 aliphatic heterocycles. The number of amides is 4. The van der Waals surface area contributed by atoms with Gasteiger partial charge in [-0.15, -0.1) is 0 Å². The summed E-state index contributed by atoms with van der Waals surface area (Å²) >= 11 is 0. The van der Waals surface area contributed by atoms with Crippen LogP contribution in [-0.4, -0.2) is 61.2 Å². The minimum atomic E-state index is -1.03. The first-order chi connectivity index (χ1) is 10.4. The topological polar surface area (TPSA) is 93.2 Å². The van der Waals surface area contributed by atoms with E-state index in [-0.39, 0.29) is 11.3 Å². The highest BCUT2D eigenvalue weighted by Crippen LogP contribution is 2.25. The Kier molecular flexibility index (Phi) is 4.11. The first kappa shape index (κ1) is 15.5. The molecule has 1 aromatic carbocycles. The van der Waals surface area contributed by atoms with Gasteiger partial charge in [-0.2, -0.15) is 0 Å². The van der Waals surface area contributed by atoms with Crippen LogP contribution in [0.15, 0.2) is 18.2 Å². The minimum absolute atomic E-state index is 0.157. The van der Waals surface area contributed by atoms with Gasteiger partial charge in [0.25, 0.3) is 0 Å². The van der Waals surface area contributed by atoms with Crippen molar-refractivity contribution in [1.29, 1.82) is 0 Å². The number of benzene rings is 1. The summed E-state index contributed by atoms with van der Waals surface area (Å²) in [6.45, 7) is -0.544. The van der Waals surface area contributed by atoms with Crippen molar-refractivity contribution in [3.05, 3.63) is 23.8 Å². The standard InChI is InChI=1S/C14H14N2O6/c1-15-12(18)13(19)16(14(15)20)7-10(17)9-6-8(21-2)4-5-11(9)22-3/h4-6H,7H2,1-3H3. The average molecular weight is 306 g/mol. The number of hydrogen-bond acceptors (Lipinski definition) is 6. The van der Waals surface area contributed by atoms with Gasteiger partial charge >= 0.3 is 17.8 Å². The van der Waals surface area contributed by atoms with Crippen molar-refractivity contribution >= 4 is 23.6 Å². The highest BCUT2D eigenvalue weighted by molar-refractivity contribution is 6.45. The summed E-state index contributed by atoms with van der Waals surface area (Å²) in [5, 5.41) is 0. The van der Waals surface area contributed by atoms with E-state index in [0.29, 0.717) is 15.5 Å². The van der Waals surface area contributed by atoms with E-state index < -0.39 is 30.2 Å². The number of carbonyl (C=O) groups excluding carboxylic acids is 4. The molecule has 0 aromatic heterocycles. The van der Waals surface area contributed by atoms with Crippen molar-refractivity contribution in [1.82, 2.24) is 9.80 Å². The molecule has 1 aliphatic rings. The quantitative estimate of drug-likeness (QED) is 0.441. The molecule has 116 valence electrons. The molecule has 1 saturated heterocycles. The Morgan fingerprint density at radius 3 is 2.27 bits per heavy atom. The molecule has 1 fully saturated rings. The van der Waals surface area contributed by atoms with Crippen LogP contribution in [0.5, 0.6) is 11.5 Å². The number of ketones is 1. The first-order valence-corrected chi connectivity index (χ1v) is 6.29. The fourth-order valence-corrected chi connectivity index (χ4v) is 2.01. The van der Waals surface area contributed by atoms with Crippen LogP contribution in [0.2, 0.25) is 0 Å². The van der Waals surface area contributed by atoms with E-state index in [1.54, 1.807) is 6.07 Å². The molecule has 0 unspecified atom stereocenters. The maximum atomic E-state index is 12.3. The SMILES string of the molecule is COc1ccc(OC)c(C(=O)CN2C(=O)C(=O)N(C)C2=O)c1. The molecule has 0 radical (unpaired) electrons. The van der Waals surface area contributed by atoms with Crippen LogP contribution in [0.1, 0.15) is 10.4 Å². The largest absolute Gasteiger partial charge is 0.497 e. The number of Topliss-reactive ketones (excluding diaryl/α,β-unsaturated/α-hetero) is 1. The summed E-state index contributed by atoms with van der Waals surface area (Å²) in [6.07, 6.45) is 0. The second kappa shape index (κ2) is 5.84. The molecule has 0 spiro atoms. The van der Waals surface area contributed by atoms with Gasteiger partial charge in [0.15, 0.2) is 5.78 Å². The fraction of sp³-hybridized carbons (Fsp3) is 0.286. The van der Waals surface area contributed by atoms with E-state index in [9.17, 15) is 19.2 Å². The van der Waals surface area contributed by atoms with E-state index in [2.05, 4.69) is 0 Å². The Labute approximate surface area is 126 Å². The number of rotatable bonds is 5. The van der Waals surface area contributed by atoms with E-state index in [4.69, 9.17) is 9.47 Å². The zero-order valence-corrected chi connectivity index (χ0v) is 12.3. The van der Waals surface area contributed by atoms with Gasteiger partial charge in [0, 0.05) is 7.05 Å². The zero-order valence-electron chi connectivity index (χ0n) is 12.3. The monoisotopic (exact) mass is 306 g/mol. The van der Waals surface area contributed by atoms with Crippen LogP contribution < -0.4 is 9.47 Å². The molecule has 8 nitrogen and oxygen atoms in total. The molecular formula is C14H14N2O6. The Balaban J connectivity index is 2.28. The molecule has 0 bridgehead atoms. The molecule has 1 aromatic rings. The summed E-state index contributed by atoms with van der Waals surface area (Å²) in [6, 6.07) is 3.76. The fourth-order valence-electron chi connectivity index (χ4n) is 2.01. The predicted molar refractivity (Wildman–Crippen MR) is 73.8 cm³/mol. The van der Waals surface area contributed by atoms with Gasteiger partial charge in [-0.25, -0.2) is 9.69 Å². The van der Waals surface area contributed by atoms with E-state index >= 15 is 0 Å². The van der Waals surface area contributed by atoms with Gasteiger partial charge in [-0.3, -0.25) is 19.3 Å². The third kappa shape index (κ3) is 2.50. The van der Waals surface area contributed by atoms with Crippen molar-refractivity contribution < 1.29 is 28.7 Å². The smallest absolute Gasteiger partial charge is 0.334 e. The predicted octanol–water partition coefficient (Wildman–Crippen LogP) is 0.307. The molecule has 0 aliphatic carbocycles. The van der Waals surface area contributed by atoms with Crippen LogP contribution in [-0.2, 0) is 9.59 Å². The van der Waals surface area contributed by atoms with Crippen LogP contribution in [0, 0.1) is 0 Å². The molecule has 2 rings (SSSR count). The van der Waals surface area contributed by atoms with Crippen LogP contribution >= 0.6 is 0 Å². The highest BCUT2D eigenvalue weighted by Gasteiger charge is 2.43. The van der Waals surface area contributed by atoms with Crippen molar-refractivity contribution in [2.24, 2.45) is 0 Å². The lowest BCUT2D eigenvalue weighted by Gasteiger charge is -2.14. The van der Waals surface area contributed by atoms with Gasteiger partial charge < -0.3 is 9.47 Å². The normalized spacial score (nSPS) is 14.6. The number of methoxy groups -OCH3 is 2. The molecule has 0 N–H and O–H groups in total. The number of hydrogen-bond donors (Lipinski definition) is 0. The van der Waals surface area contributed by atoms with Crippen LogP contribution in [0.4, 0.5) is 4.79 Å². The number of ether oxygens (including phenoxy) is 2. The van der Waals surface area contributed by atoms with E-state index in [0.717, 1.165) is 0 Å². The summed E-state index contributed by atoms with van der Waals surface area (Å²) in [5.41, 5.74) is 0.157. The number of urea groups is 1. The summed E-state index contributed by atoms with van der Waals surface area (Å²) in [5.74, 6) is -1.82. The van der Waals surface area contributed by atoms with Crippen LogP contribution in [0.25, 0.3) is 0 Å². The maximum absolute atomic E-state index is 12.3. The van der Waals surface area contributed by atoms with Crippen molar-refractivity contribution in [2.75, 3.05) is 27.8 Å². The van der Waals surface area contributed by atoms with Gasteiger partial charge in [-0.05, 0) is 18.2 Å². The lowest BCUT2D eigenvalue weighted by Crippen LogP contribution is -2.36. The molecule has 22 heavy (non-hydrogen) atoms. The van der Waals surface area contributed by atoms with Gasteiger partial charge in [0.2, 0.25) is 0 Å². The minimum Gasteiger partial charge on any atom is -0.497 e. The van der Waals surface area contributed by atoms with E-state index in [1.807, 2.05) is 0 Å².